The van der Waals surface area contributed by atoms with E-state index in [1.807, 2.05) is 19.1 Å². The summed E-state index contributed by atoms with van der Waals surface area (Å²) in [5, 5.41) is 17.2. The van der Waals surface area contributed by atoms with Crippen LogP contribution in [-0.4, -0.2) is 30.6 Å². The number of benzene rings is 1. The summed E-state index contributed by atoms with van der Waals surface area (Å²) in [5.41, 5.74) is 1.18. The first-order valence-corrected chi connectivity index (χ1v) is 5.42. The monoisotopic (exact) mass is 224 g/mol. The normalized spacial score (nSPS) is 10.2. The number of hydrogen-bond donors (Lipinski definition) is 2. The molecule has 1 rings (SSSR count). The summed E-state index contributed by atoms with van der Waals surface area (Å²) in [6.07, 6.45) is 1.93. The van der Waals surface area contributed by atoms with E-state index in [-0.39, 0.29) is 0 Å². The van der Waals surface area contributed by atoms with Crippen molar-refractivity contribution in [2.24, 2.45) is 0 Å². The van der Waals surface area contributed by atoms with E-state index >= 15 is 0 Å². The maximum absolute atomic E-state index is 8.59. The molecule has 0 aliphatic heterocycles. The number of ether oxygens (including phenoxy) is 1. The molecule has 1 aromatic carbocycles. The average Bonchev–Trinajstić information content (AvgIpc) is 2.26. The van der Waals surface area contributed by atoms with Crippen molar-refractivity contribution in [2.75, 3.05) is 13.2 Å². The fraction of sp³-hybridized carbons (Fsp3) is 0.455. The van der Waals surface area contributed by atoms with Crippen LogP contribution < -0.4 is 4.65 Å². The molecule has 0 bridgehead atoms. The minimum absolute atomic E-state index is 0.448. The van der Waals surface area contributed by atoms with Gasteiger partial charge in [0, 0.05) is 13.2 Å². The molecule has 0 saturated heterocycles. The highest BCUT2D eigenvalue weighted by atomic mass is 16.6. The Morgan fingerprint density at radius 3 is 2.44 bits per heavy atom. The van der Waals surface area contributed by atoms with Gasteiger partial charge in [-0.1, -0.05) is 12.1 Å². The van der Waals surface area contributed by atoms with Gasteiger partial charge in [-0.15, -0.1) is 0 Å². The van der Waals surface area contributed by atoms with Crippen molar-refractivity contribution >= 4 is 7.32 Å². The van der Waals surface area contributed by atoms with Gasteiger partial charge < -0.3 is 19.4 Å². The van der Waals surface area contributed by atoms with Gasteiger partial charge in [0.05, 0.1) is 0 Å². The van der Waals surface area contributed by atoms with E-state index in [0.717, 1.165) is 26.1 Å². The largest absolute Gasteiger partial charge is 0.707 e. The van der Waals surface area contributed by atoms with Gasteiger partial charge in [0.15, 0.2) is 0 Å². The lowest BCUT2D eigenvalue weighted by molar-refractivity contribution is 0.145. The van der Waals surface area contributed by atoms with Crippen LogP contribution in [0.25, 0.3) is 0 Å². The van der Waals surface area contributed by atoms with Crippen molar-refractivity contribution in [3.8, 4) is 5.75 Å². The molecule has 4 nitrogen and oxygen atoms in total. The molecule has 1 aromatic rings. The standard InChI is InChI=1S/C11H17BO4/c1-2-15-9-3-4-10-5-7-11(8-6-10)16-12(13)14/h5-8,13-14H,2-4,9H2,1H3. The van der Waals surface area contributed by atoms with E-state index in [1.54, 1.807) is 12.1 Å². The third kappa shape index (κ3) is 5.16. The van der Waals surface area contributed by atoms with Crippen molar-refractivity contribution in [3.63, 3.8) is 0 Å². The van der Waals surface area contributed by atoms with Crippen molar-refractivity contribution in [1.29, 1.82) is 0 Å². The Kier molecular flexibility index (Phi) is 5.92. The van der Waals surface area contributed by atoms with Crippen LogP contribution in [-0.2, 0) is 11.2 Å². The molecule has 0 spiro atoms. The minimum Gasteiger partial charge on any atom is -0.512 e. The van der Waals surface area contributed by atoms with E-state index in [4.69, 9.17) is 19.4 Å². The topological polar surface area (TPSA) is 58.9 Å². The predicted octanol–water partition coefficient (Wildman–Crippen LogP) is 1.00. The minimum atomic E-state index is -1.76. The second kappa shape index (κ2) is 7.27. The summed E-state index contributed by atoms with van der Waals surface area (Å²) in [7, 11) is -1.76. The molecular formula is C11H17BO4. The van der Waals surface area contributed by atoms with Gasteiger partial charge in [0.2, 0.25) is 0 Å². The summed E-state index contributed by atoms with van der Waals surface area (Å²) < 4.78 is 9.94. The highest BCUT2D eigenvalue weighted by Crippen LogP contribution is 2.13. The molecule has 0 aromatic heterocycles. The lowest BCUT2D eigenvalue weighted by Gasteiger charge is -2.06. The summed E-state index contributed by atoms with van der Waals surface area (Å²) in [4.78, 5) is 0. The highest BCUT2D eigenvalue weighted by Gasteiger charge is 2.10. The zero-order valence-electron chi connectivity index (χ0n) is 9.43. The molecule has 0 saturated carbocycles. The first kappa shape index (κ1) is 13.0. The SMILES string of the molecule is CCOCCCc1ccc(OB(O)O)cc1. The van der Waals surface area contributed by atoms with Crippen molar-refractivity contribution < 1.29 is 19.4 Å². The maximum Gasteiger partial charge on any atom is 0.707 e. The summed E-state index contributed by atoms with van der Waals surface area (Å²) >= 11 is 0. The Morgan fingerprint density at radius 2 is 1.88 bits per heavy atom. The smallest absolute Gasteiger partial charge is 0.512 e. The molecule has 0 radical (unpaired) electrons. The fourth-order valence-electron chi connectivity index (χ4n) is 1.38. The van der Waals surface area contributed by atoms with Crippen molar-refractivity contribution in [1.82, 2.24) is 0 Å². The van der Waals surface area contributed by atoms with Crippen molar-refractivity contribution in [3.05, 3.63) is 29.8 Å². The van der Waals surface area contributed by atoms with E-state index in [1.165, 1.54) is 5.56 Å². The third-order valence-electron chi connectivity index (χ3n) is 2.12. The molecule has 0 aliphatic carbocycles. The Morgan fingerprint density at radius 1 is 1.19 bits per heavy atom. The predicted molar refractivity (Wildman–Crippen MR) is 62.1 cm³/mol. The van der Waals surface area contributed by atoms with Gasteiger partial charge in [-0.2, -0.15) is 0 Å². The van der Waals surface area contributed by atoms with E-state index in [0.29, 0.717) is 5.75 Å². The summed E-state index contributed by atoms with van der Waals surface area (Å²) in [6.45, 7) is 3.50. The van der Waals surface area contributed by atoms with Crippen LogP contribution in [0.15, 0.2) is 24.3 Å². The Labute approximate surface area is 96.0 Å². The Bertz CT molecular complexity index is 287. The molecular weight excluding hydrogens is 207 g/mol. The molecule has 88 valence electrons. The van der Waals surface area contributed by atoms with E-state index in [2.05, 4.69) is 0 Å². The van der Waals surface area contributed by atoms with Crippen LogP contribution >= 0.6 is 0 Å². The van der Waals surface area contributed by atoms with Gasteiger partial charge >= 0.3 is 7.32 Å². The van der Waals surface area contributed by atoms with Crippen LogP contribution in [0.2, 0.25) is 0 Å². The van der Waals surface area contributed by atoms with Crippen LogP contribution in [0.5, 0.6) is 5.75 Å². The second-order valence-electron chi connectivity index (χ2n) is 3.39. The van der Waals surface area contributed by atoms with Crippen LogP contribution in [0, 0.1) is 0 Å². The lowest BCUT2D eigenvalue weighted by Crippen LogP contribution is -2.20. The van der Waals surface area contributed by atoms with Gasteiger partial charge in [0.25, 0.3) is 0 Å². The first-order valence-electron chi connectivity index (χ1n) is 5.42. The maximum atomic E-state index is 8.59. The Hall–Kier alpha value is -1.04. The molecule has 5 heteroatoms. The zero-order chi connectivity index (χ0) is 11.8. The molecule has 16 heavy (non-hydrogen) atoms. The average molecular weight is 224 g/mol. The zero-order valence-corrected chi connectivity index (χ0v) is 9.43. The van der Waals surface area contributed by atoms with Gasteiger partial charge in [-0.3, -0.25) is 0 Å². The highest BCUT2D eigenvalue weighted by molar-refractivity contribution is 6.33. The molecule has 0 unspecified atom stereocenters. The summed E-state index contributed by atoms with van der Waals surface area (Å²) in [6, 6.07) is 7.25. The van der Waals surface area contributed by atoms with E-state index < -0.39 is 7.32 Å². The first-order chi connectivity index (χ1) is 7.72. The van der Waals surface area contributed by atoms with Crippen LogP contribution in [0.3, 0.4) is 0 Å². The Balaban J connectivity index is 2.33. The number of hydrogen-bond acceptors (Lipinski definition) is 4. The summed E-state index contributed by atoms with van der Waals surface area (Å²) in [5.74, 6) is 0.448. The third-order valence-corrected chi connectivity index (χ3v) is 2.12. The van der Waals surface area contributed by atoms with Gasteiger partial charge in [-0.25, -0.2) is 0 Å². The van der Waals surface area contributed by atoms with Gasteiger partial charge in [-0.05, 0) is 37.5 Å². The van der Waals surface area contributed by atoms with Crippen LogP contribution in [0.1, 0.15) is 18.9 Å². The lowest BCUT2D eigenvalue weighted by atomic mass is 10.1. The number of aryl methyl sites for hydroxylation is 1. The van der Waals surface area contributed by atoms with Crippen molar-refractivity contribution in [2.45, 2.75) is 19.8 Å². The van der Waals surface area contributed by atoms with E-state index in [9.17, 15) is 0 Å². The molecule has 0 amide bonds. The molecule has 0 aliphatic rings. The molecule has 0 heterocycles. The molecule has 2 N–H and O–H groups in total. The number of rotatable bonds is 7. The molecule has 0 fully saturated rings. The second-order valence-corrected chi connectivity index (χ2v) is 3.39. The fourth-order valence-corrected chi connectivity index (χ4v) is 1.38. The quantitative estimate of drug-likeness (QED) is 0.535. The van der Waals surface area contributed by atoms with Gasteiger partial charge in [0.1, 0.15) is 5.75 Å². The molecule has 0 atom stereocenters. The van der Waals surface area contributed by atoms with Crippen LogP contribution in [0.4, 0.5) is 0 Å².